The number of thioether (sulfide) groups is 2. The van der Waals surface area contributed by atoms with Crippen LogP contribution in [0.25, 0.3) is 11.0 Å². The number of amides is 3. The number of carboxylic acids is 3. The second kappa shape index (κ2) is 15.4. The number of nitrogens with zero attached hydrogens (tertiary/aromatic N) is 5. The first kappa shape index (κ1) is 38.1. The minimum atomic E-state index is -1.60. The highest BCUT2D eigenvalue weighted by Crippen LogP contribution is 2.42. The number of aromatic nitrogens is 4. The van der Waals surface area contributed by atoms with Crippen LogP contribution in [0.4, 0.5) is 0 Å². The molecule has 0 bridgehead atoms. The molecule has 1 fully saturated rings. The molecule has 4 heterocycles. The third kappa shape index (κ3) is 7.59. The predicted octanol–water partition coefficient (Wildman–Crippen LogP) is 0.0491. The predicted molar refractivity (Wildman–Crippen MR) is 186 cm³/mol. The summed E-state index contributed by atoms with van der Waals surface area (Å²) in [6.45, 7) is 0.0573. The van der Waals surface area contributed by atoms with E-state index in [-0.39, 0.29) is 50.4 Å². The highest BCUT2D eigenvalue weighted by Gasteiger charge is 2.54. The summed E-state index contributed by atoms with van der Waals surface area (Å²) in [6.07, 6.45) is 0. The Hall–Kier alpha value is -6.62. The highest BCUT2D eigenvalue weighted by molar-refractivity contribution is 8.01. The molecule has 2 aromatic carbocycles. The number of hydrogen-bond acceptors (Lipinski definition) is 16. The van der Waals surface area contributed by atoms with Crippen molar-refractivity contribution < 1.29 is 63.5 Å². The molecule has 286 valence electrons. The van der Waals surface area contributed by atoms with Gasteiger partial charge in [0.15, 0.2) is 17.9 Å². The monoisotopic (exact) mass is 797 g/mol. The van der Waals surface area contributed by atoms with Gasteiger partial charge in [-0.3, -0.25) is 28.9 Å². The Labute approximate surface area is 314 Å². The average Bonchev–Trinajstić information content (AvgIpc) is 3.58. The van der Waals surface area contributed by atoms with E-state index < -0.39 is 88.7 Å². The van der Waals surface area contributed by atoms with E-state index in [4.69, 9.17) is 19.4 Å². The smallest absolute Gasteiger partial charge is 0.352 e. The first-order valence-corrected chi connectivity index (χ1v) is 17.7. The van der Waals surface area contributed by atoms with Crippen LogP contribution >= 0.6 is 23.5 Å². The van der Waals surface area contributed by atoms with Crippen LogP contribution in [0.2, 0.25) is 0 Å². The van der Waals surface area contributed by atoms with Crippen LogP contribution in [-0.4, -0.2) is 116 Å². The van der Waals surface area contributed by atoms with Gasteiger partial charge in [0, 0.05) is 11.5 Å². The Balaban J connectivity index is 1.25. The normalized spacial score (nSPS) is 16.9. The maximum Gasteiger partial charge on any atom is 0.352 e. The number of ether oxygens (including phenoxy) is 1. The number of aryl methyl sites for hydroxylation is 1. The quantitative estimate of drug-likeness (QED) is 0.0503. The van der Waals surface area contributed by atoms with Gasteiger partial charge >= 0.3 is 17.9 Å². The molecule has 55 heavy (non-hydrogen) atoms. The number of benzene rings is 2. The van der Waals surface area contributed by atoms with E-state index in [9.17, 15) is 48.9 Å². The van der Waals surface area contributed by atoms with Crippen LogP contribution in [0.5, 0.6) is 17.2 Å². The summed E-state index contributed by atoms with van der Waals surface area (Å²) < 4.78 is 11.7. The van der Waals surface area contributed by atoms with Crippen molar-refractivity contribution >= 4 is 70.1 Å². The third-order valence-corrected chi connectivity index (χ3v) is 10.6. The molecule has 6 rings (SSSR count). The molecule has 2 aliphatic rings. The standard InChI is InChI=1S/C32H27N7O14S2/c1-12-20(24(45)16-6-7-17(40)25(46)26(16)53-12)27(47)33-21(13-2-4-15(5-3-13)52-9-19(43)44)28(48)34-22-29(49)39-23(31(50)51)14(10-54-30(22)39)11-55-32-35-36-37-38(32)8-18(41)42/h2-7,21-22,30,40,46H,8-11H2,1H3,(H,33,47)(H,34,48)(H,41,42)(H,43,44)(H,50,51)/t21?,22-,30-/m0/s1. The van der Waals surface area contributed by atoms with Crippen LogP contribution in [0, 0.1) is 6.92 Å². The van der Waals surface area contributed by atoms with Gasteiger partial charge in [-0.2, -0.15) is 0 Å². The number of aliphatic carboxylic acids is 3. The number of tetrazole rings is 1. The van der Waals surface area contributed by atoms with Crippen molar-refractivity contribution in [2.45, 2.75) is 36.1 Å². The Morgan fingerprint density at radius 1 is 1.05 bits per heavy atom. The van der Waals surface area contributed by atoms with Gasteiger partial charge in [-0.1, -0.05) is 23.9 Å². The number of aromatic hydroxyl groups is 2. The Morgan fingerprint density at radius 3 is 2.45 bits per heavy atom. The van der Waals surface area contributed by atoms with Crippen molar-refractivity contribution in [3.63, 3.8) is 0 Å². The molecule has 4 aromatic rings. The zero-order valence-corrected chi connectivity index (χ0v) is 29.6. The maximum atomic E-state index is 13.9. The minimum absolute atomic E-state index is 0.00854. The fraction of sp³-hybridized carbons (Fsp3) is 0.250. The van der Waals surface area contributed by atoms with E-state index in [1.165, 1.54) is 31.2 Å². The van der Waals surface area contributed by atoms with Gasteiger partial charge in [0.1, 0.15) is 46.8 Å². The van der Waals surface area contributed by atoms with Crippen molar-refractivity contribution in [2.24, 2.45) is 0 Å². The summed E-state index contributed by atoms with van der Waals surface area (Å²) in [5.41, 5.74) is -1.72. The zero-order chi connectivity index (χ0) is 39.7. The number of phenols is 2. The highest BCUT2D eigenvalue weighted by atomic mass is 32.2. The van der Waals surface area contributed by atoms with Crippen LogP contribution in [0.15, 0.2) is 62.0 Å². The lowest BCUT2D eigenvalue weighted by Crippen LogP contribution is -2.71. The lowest BCUT2D eigenvalue weighted by atomic mass is 10.0. The van der Waals surface area contributed by atoms with Gasteiger partial charge < -0.3 is 45.3 Å². The van der Waals surface area contributed by atoms with E-state index in [1.807, 2.05) is 0 Å². The first-order chi connectivity index (χ1) is 26.2. The number of hydrogen-bond donors (Lipinski definition) is 7. The summed E-state index contributed by atoms with van der Waals surface area (Å²) >= 11 is 2.11. The summed E-state index contributed by atoms with van der Waals surface area (Å²) in [5.74, 6) is -8.05. The first-order valence-electron chi connectivity index (χ1n) is 15.7. The number of phenolic OH excluding ortho intramolecular Hbond substituents is 2. The Kier molecular flexibility index (Phi) is 10.7. The zero-order valence-electron chi connectivity index (χ0n) is 28.0. The number of carbonyl (C=O) groups is 6. The molecule has 0 saturated carbocycles. The van der Waals surface area contributed by atoms with Crippen LogP contribution < -0.4 is 20.8 Å². The largest absolute Gasteiger partial charge is 0.504 e. The second-order valence-corrected chi connectivity index (χ2v) is 13.8. The van der Waals surface area contributed by atoms with Gasteiger partial charge in [0.2, 0.25) is 22.2 Å². The summed E-state index contributed by atoms with van der Waals surface area (Å²) in [6, 6.07) is 4.63. The third-order valence-electron chi connectivity index (χ3n) is 8.24. The van der Waals surface area contributed by atoms with E-state index in [0.29, 0.717) is 5.57 Å². The average molecular weight is 798 g/mol. The summed E-state index contributed by atoms with van der Waals surface area (Å²) in [7, 11) is 0. The molecule has 0 aliphatic carbocycles. The van der Waals surface area contributed by atoms with Crippen molar-refractivity contribution in [3.05, 3.63) is 74.8 Å². The van der Waals surface area contributed by atoms with Crippen molar-refractivity contribution in [1.82, 2.24) is 35.7 Å². The van der Waals surface area contributed by atoms with Crippen LogP contribution in [-0.2, 0) is 30.5 Å². The lowest BCUT2D eigenvalue weighted by Gasteiger charge is -2.49. The molecule has 23 heteroatoms. The number of β-lactam (4-membered cyclic amide) rings is 1. The lowest BCUT2D eigenvalue weighted by molar-refractivity contribution is -0.151. The fourth-order valence-corrected chi connectivity index (χ4v) is 8.08. The number of carbonyl (C=O) groups excluding carboxylic acids is 3. The molecule has 7 N–H and O–H groups in total. The number of nitrogens with one attached hydrogen (secondary N) is 2. The van der Waals surface area contributed by atoms with E-state index >= 15 is 0 Å². The van der Waals surface area contributed by atoms with Crippen LogP contribution in [0.1, 0.15) is 27.7 Å². The SMILES string of the molecule is Cc1oc2c(O)c(O)ccc2c(=O)c1C(=O)NC(C(=O)N[C@H]1C(=O)N2C(C(=O)O)=C(CSc3nnnn3CC(=O)O)CS[C@@H]12)c1ccc(OCC(=O)O)cc1. The molecular weight excluding hydrogens is 771 g/mol. The van der Waals surface area contributed by atoms with Crippen molar-refractivity contribution in [1.29, 1.82) is 0 Å². The Morgan fingerprint density at radius 2 is 1.78 bits per heavy atom. The molecule has 3 amide bonds. The molecular formula is C32H27N7O14S2. The van der Waals surface area contributed by atoms with Gasteiger partial charge in [-0.15, -0.1) is 16.9 Å². The van der Waals surface area contributed by atoms with Gasteiger partial charge in [-0.25, -0.2) is 14.3 Å². The van der Waals surface area contributed by atoms with Crippen molar-refractivity contribution in [3.8, 4) is 17.2 Å². The van der Waals surface area contributed by atoms with Gasteiger partial charge in [0.05, 0.1) is 5.39 Å². The molecule has 3 atom stereocenters. The minimum Gasteiger partial charge on any atom is -0.504 e. The molecule has 1 saturated heterocycles. The molecule has 0 radical (unpaired) electrons. The van der Waals surface area contributed by atoms with E-state index in [1.54, 1.807) is 0 Å². The van der Waals surface area contributed by atoms with E-state index in [0.717, 1.165) is 45.2 Å². The molecule has 1 unspecified atom stereocenters. The van der Waals surface area contributed by atoms with Crippen molar-refractivity contribution in [2.75, 3.05) is 18.1 Å². The van der Waals surface area contributed by atoms with E-state index in [2.05, 4.69) is 26.2 Å². The second-order valence-electron chi connectivity index (χ2n) is 11.8. The molecule has 0 spiro atoms. The number of carboxylic acid groups (broad SMARTS) is 3. The molecule has 2 aliphatic heterocycles. The summed E-state index contributed by atoms with van der Waals surface area (Å²) in [5, 5.41) is 62.9. The summed E-state index contributed by atoms with van der Waals surface area (Å²) in [4.78, 5) is 90.0. The Bertz CT molecular complexity index is 2360. The molecule has 21 nitrogen and oxygen atoms in total. The maximum absolute atomic E-state index is 13.9. The van der Waals surface area contributed by atoms with Gasteiger partial charge in [0.25, 0.3) is 11.8 Å². The number of fused-ring (bicyclic) bond motifs is 2. The fourth-order valence-electron chi connectivity index (χ4n) is 5.72. The van der Waals surface area contributed by atoms with Crippen LogP contribution in [0.3, 0.4) is 0 Å². The molecule has 2 aromatic heterocycles. The number of rotatable bonds is 14. The topological polar surface area (TPSA) is 314 Å². The van der Waals surface area contributed by atoms with Gasteiger partial charge in [-0.05, 0) is 52.8 Å².